The number of amides is 4. The van der Waals surface area contributed by atoms with Gasteiger partial charge < -0.3 is 5.73 Å². The molecule has 3 rings (SSSR count). The van der Waals surface area contributed by atoms with Gasteiger partial charge in [-0.25, -0.2) is 9.78 Å². The predicted octanol–water partition coefficient (Wildman–Crippen LogP) is 1.41. The van der Waals surface area contributed by atoms with Crippen molar-refractivity contribution >= 4 is 23.7 Å². The number of hydrogen-bond acceptors (Lipinski definition) is 4. The van der Waals surface area contributed by atoms with E-state index in [1.165, 1.54) is 4.90 Å². The number of nitrogens with zero attached hydrogens (tertiary/aromatic N) is 2. The van der Waals surface area contributed by atoms with Gasteiger partial charge in [0.05, 0.1) is 11.1 Å². The van der Waals surface area contributed by atoms with Crippen LogP contribution in [0.5, 0.6) is 0 Å². The van der Waals surface area contributed by atoms with Gasteiger partial charge in [-0.05, 0) is 24.3 Å². The summed E-state index contributed by atoms with van der Waals surface area (Å²) in [6, 6.07) is 11.1. The summed E-state index contributed by atoms with van der Waals surface area (Å²) in [6.07, 6.45) is 0.389. The maximum absolute atomic E-state index is 12.3. The molecule has 1 aliphatic rings. The number of nitrogens with one attached hydrogen (secondary N) is 1. The lowest BCUT2D eigenvalue weighted by atomic mass is 10.1. The zero-order valence-corrected chi connectivity index (χ0v) is 12.2. The highest BCUT2D eigenvalue weighted by Gasteiger charge is 2.34. The number of pyridine rings is 1. The first-order valence-corrected chi connectivity index (χ1v) is 7.04. The van der Waals surface area contributed by atoms with Gasteiger partial charge in [0, 0.05) is 18.7 Å². The summed E-state index contributed by atoms with van der Waals surface area (Å²) in [5.74, 6) is -0.258. The molecule has 1 aliphatic heterocycles. The highest BCUT2D eigenvalue weighted by atomic mass is 16.2. The number of carbonyl (C=O) groups is 3. The Kier molecular flexibility index (Phi) is 3.76. The number of imide groups is 1. The number of primary amides is 1. The standard InChI is InChI=1S/C16H14N4O3/c17-16(23)19-13-7-3-4-10(18-13)8-9-20-14(21)11-5-1-2-6-12(11)15(20)22/h1-7H,8-9H2,(H3,17,18,19,23). The van der Waals surface area contributed by atoms with Crippen molar-refractivity contribution < 1.29 is 14.4 Å². The summed E-state index contributed by atoms with van der Waals surface area (Å²) >= 11 is 0. The Morgan fingerprint density at radius 1 is 1.04 bits per heavy atom. The fourth-order valence-electron chi connectivity index (χ4n) is 2.48. The first kappa shape index (κ1) is 14.7. The van der Waals surface area contributed by atoms with Crippen LogP contribution >= 0.6 is 0 Å². The van der Waals surface area contributed by atoms with Gasteiger partial charge in [0.15, 0.2) is 0 Å². The van der Waals surface area contributed by atoms with Crippen molar-refractivity contribution in [2.45, 2.75) is 6.42 Å². The van der Waals surface area contributed by atoms with Crippen LogP contribution in [0.2, 0.25) is 0 Å². The number of fused-ring (bicyclic) bond motifs is 1. The zero-order chi connectivity index (χ0) is 16.4. The lowest BCUT2D eigenvalue weighted by Crippen LogP contribution is -2.32. The highest BCUT2D eigenvalue weighted by Crippen LogP contribution is 2.22. The fraction of sp³-hybridized carbons (Fsp3) is 0.125. The monoisotopic (exact) mass is 310 g/mol. The van der Waals surface area contributed by atoms with Crippen LogP contribution in [0, 0.1) is 0 Å². The van der Waals surface area contributed by atoms with Crippen molar-refractivity contribution in [2.24, 2.45) is 5.73 Å². The van der Waals surface area contributed by atoms with Gasteiger partial charge in [0.1, 0.15) is 5.82 Å². The van der Waals surface area contributed by atoms with Crippen LogP contribution in [0.15, 0.2) is 42.5 Å². The molecule has 1 aromatic carbocycles. The summed E-state index contributed by atoms with van der Waals surface area (Å²) in [6.45, 7) is 0.222. The maximum atomic E-state index is 12.3. The molecule has 0 unspecified atom stereocenters. The van der Waals surface area contributed by atoms with Crippen molar-refractivity contribution in [2.75, 3.05) is 11.9 Å². The molecule has 23 heavy (non-hydrogen) atoms. The van der Waals surface area contributed by atoms with Crippen molar-refractivity contribution in [3.05, 3.63) is 59.3 Å². The van der Waals surface area contributed by atoms with Crippen LogP contribution < -0.4 is 11.1 Å². The summed E-state index contributed by atoms with van der Waals surface area (Å²) in [7, 11) is 0. The largest absolute Gasteiger partial charge is 0.351 e. The molecular weight excluding hydrogens is 296 g/mol. The molecule has 0 atom stereocenters. The fourth-order valence-corrected chi connectivity index (χ4v) is 2.48. The Bertz CT molecular complexity index is 768. The SMILES string of the molecule is NC(=O)Nc1cccc(CCN2C(=O)c3ccccc3C2=O)n1. The van der Waals surface area contributed by atoms with Gasteiger partial charge in [-0.2, -0.15) is 0 Å². The van der Waals surface area contributed by atoms with Crippen LogP contribution in [0.3, 0.4) is 0 Å². The number of carbonyl (C=O) groups excluding carboxylic acids is 3. The van der Waals surface area contributed by atoms with Gasteiger partial charge in [0.25, 0.3) is 11.8 Å². The van der Waals surface area contributed by atoms with Gasteiger partial charge >= 0.3 is 6.03 Å². The second-order valence-corrected chi connectivity index (χ2v) is 5.06. The number of hydrogen-bond donors (Lipinski definition) is 2. The molecule has 0 aliphatic carbocycles. The summed E-state index contributed by atoms with van der Waals surface area (Å²) in [5.41, 5.74) is 6.54. The van der Waals surface area contributed by atoms with E-state index in [9.17, 15) is 14.4 Å². The number of aromatic nitrogens is 1. The summed E-state index contributed by atoms with van der Waals surface area (Å²) in [5, 5.41) is 2.39. The Labute approximate surface area is 132 Å². The van der Waals surface area contributed by atoms with E-state index in [1.54, 1.807) is 42.5 Å². The van der Waals surface area contributed by atoms with E-state index in [4.69, 9.17) is 5.73 Å². The number of anilines is 1. The van der Waals surface area contributed by atoms with E-state index < -0.39 is 6.03 Å². The topological polar surface area (TPSA) is 105 Å². The molecule has 0 saturated carbocycles. The molecule has 1 aromatic heterocycles. The number of nitrogens with two attached hydrogens (primary N) is 1. The molecule has 116 valence electrons. The van der Waals surface area contributed by atoms with E-state index in [0.717, 1.165) is 0 Å². The Morgan fingerprint density at radius 2 is 1.70 bits per heavy atom. The second kappa shape index (κ2) is 5.88. The van der Waals surface area contributed by atoms with Crippen LogP contribution in [0.1, 0.15) is 26.4 Å². The third-order valence-corrected chi connectivity index (χ3v) is 3.53. The lowest BCUT2D eigenvalue weighted by Gasteiger charge is -2.13. The normalized spacial score (nSPS) is 13.1. The van der Waals surface area contributed by atoms with Crippen molar-refractivity contribution in [3.63, 3.8) is 0 Å². The van der Waals surface area contributed by atoms with E-state index in [2.05, 4.69) is 10.3 Å². The van der Waals surface area contributed by atoms with Gasteiger partial charge in [-0.1, -0.05) is 18.2 Å². The Hall–Kier alpha value is -3.22. The molecule has 7 nitrogen and oxygen atoms in total. The summed E-state index contributed by atoms with van der Waals surface area (Å²) < 4.78 is 0. The molecule has 0 bridgehead atoms. The predicted molar refractivity (Wildman–Crippen MR) is 83.0 cm³/mol. The van der Waals surface area contributed by atoms with E-state index >= 15 is 0 Å². The smallest absolute Gasteiger partial charge is 0.317 e. The van der Waals surface area contributed by atoms with Crippen LogP contribution in [-0.2, 0) is 6.42 Å². The number of rotatable bonds is 4. The molecule has 2 aromatic rings. The minimum atomic E-state index is -0.699. The van der Waals surface area contributed by atoms with Gasteiger partial charge in [-0.3, -0.25) is 19.8 Å². The van der Waals surface area contributed by atoms with Crippen molar-refractivity contribution in [1.29, 1.82) is 0 Å². The van der Waals surface area contributed by atoms with Gasteiger partial charge in [0.2, 0.25) is 0 Å². The van der Waals surface area contributed by atoms with Crippen molar-refractivity contribution in [3.8, 4) is 0 Å². The summed E-state index contributed by atoms with van der Waals surface area (Å²) in [4.78, 5) is 40.8. The van der Waals surface area contributed by atoms with E-state index in [0.29, 0.717) is 29.1 Å². The van der Waals surface area contributed by atoms with Gasteiger partial charge in [-0.15, -0.1) is 0 Å². The molecule has 0 radical (unpaired) electrons. The molecule has 0 saturated heterocycles. The second-order valence-electron chi connectivity index (χ2n) is 5.06. The molecular formula is C16H14N4O3. The average Bonchev–Trinajstić information content (AvgIpc) is 2.77. The third kappa shape index (κ3) is 2.89. The van der Waals surface area contributed by atoms with E-state index in [-0.39, 0.29) is 18.4 Å². The first-order valence-electron chi connectivity index (χ1n) is 7.04. The van der Waals surface area contributed by atoms with Crippen LogP contribution in [-0.4, -0.2) is 34.3 Å². The van der Waals surface area contributed by atoms with Crippen molar-refractivity contribution in [1.82, 2.24) is 9.88 Å². The number of benzene rings is 1. The molecule has 0 fully saturated rings. The maximum Gasteiger partial charge on any atom is 0.317 e. The zero-order valence-electron chi connectivity index (χ0n) is 12.2. The molecule has 7 heteroatoms. The molecule has 4 amide bonds. The molecule has 3 N–H and O–H groups in total. The third-order valence-electron chi connectivity index (χ3n) is 3.53. The van der Waals surface area contributed by atoms with E-state index in [1.807, 2.05) is 0 Å². The average molecular weight is 310 g/mol. The molecule has 0 spiro atoms. The minimum Gasteiger partial charge on any atom is -0.351 e. The number of urea groups is 1. The Balaban J connectivity index is 1.71. The quantitative estimate of drug-likeness (QED) is 0.833. The van der Waals surface area contributed by atoms with Crippen LogP contribution in [0.25, 0.3) is 0 Å². The first-order chi connectivity index (χ1) is 11.1. The Morgan fingerprint density at radius 3 is 2.30 bits per heavy atom. The molecule has 2 heterocycles. The highest BCUT2D eigenvalue weighted by molar-refractivity contribution is 6.21. The lowest BCUT2D eigenvalue weighted by molar-refractivity contribution is 0.0656. The minimum absolute atomic E-state index is 0.222. The van der Waals surface area contributed by atoms with Crippen LogP contribution in [0.4, 0.5) is 10.6 Å².